The molecule has 0 bridgehead atoms. The third-order valence-corrected chi connectivity index (χ3v) is 6.40. The van der Waals surface area contributed by atoms with Gasteiger partial charge in [0.05, 0.1) is 6.26 Å². The van der Waals surface area contributed by atoms with Crippen molar-refractivity contribution >= 4 is 23.8 Å². The highest BCUT2D eigenvalue weighted by atomic mass is 16.3. The van der Waals surface area contributed by atoms with E-state index < -0.39 is 23.5 Å². The van der Waals surface area contributed by atoms with Crippen LogP contribution in [0, 0.1) is 0 Å². The molecule has 1 aromatic heterocycles. The first kappa shape index (κ1) is 22.6. The Morgan fingerprint density at radius 2 is 1.70 bits per heavy atom. The molecular formula is C24H28N4O5. The number of piperazine rings is 1. The van der Waals surface area contributed by atoms with Gasteiger partial charge in [0.1, 0.15) is 11.6 Å². The number of nitrogens with one attached hydrogen (secondary N) is 1. The summed E-state index contributed by atoms with van der Waals surface area (Å²) in [6, 6.07) is 11.5. The molecule has 2 aliphatic rings. The van der Waals surface area contributed by atoms with Crippen LogP contribution < -0.4 is 5.32 Å². The minimum atomic E-state index is -1.06. The van der Waals surface area contributed by atoms with E-state index in [1.165, 1.54) is 6.26 Å². The fourth-order valence-corrected chi connectivity index (χ4v) is 4.33. The summed E-state index contributed by atoms with van der Waals surface area (Å²) < 4.78 is 5.16. The summed E-state index contributed by atoms with van der Waals surface area (Å²) in [5.74, 6) is -0.660. The van der Waals surface area contributed by atoms with E-state index >= 15 is 0 Å². The van der Waals surface area contributed by atoms with Gasteiger partial charge in [-0.25, -0.2) is 9.69 Å². The molecule has 3 heterocycles. The largest absolute Gasteiger partial charge is 0.459 e. The van der Waals surface area contributed by atoms with Crippen LogP contribution in [0.25, 0.3) is 0 Å². The van der Waals surface area contributed by atoms with Crippen LogP contribution in [0.15, 0.2) is 53.1 Å². The molecule has 2 atom stereocenters. The standard InChI is InChI=1S/C24H28N4O5/c1-17(20(29)26-12-14-27(15-13-26)21(30)19-9-6-16-33-19)28-22(31)24(2,25-23(28)32)11-10-18-7-4-3-5-8-18/h3-9,16-17H,10-15H2,1-2H3,(H,25,32)/t17-,24+/m1/s1. The summed E-state index contributed by atoms with van der Waals surface area (Å²) >= 11 is 0. The van der Waals surface area contributed by atoms with E-state index in [0.717, 1.165) is 10.5 Å². The lowest BCUT2D eigenvalue weighted by Crippen LogP contribution is -2.56. The van der Waals surface area contributed by atoms with Gasteiger partial charge < -0.3 is 19.5 Å². The van der Waals surface area contributed by atoms with Crippen molar-refractivity contribution in [1.29, 1.82) is 0 Å². The van der Waals surface area contributed by atoms with Crippen molar-refractivity contribution in [3.63, 3.8) is 0 Å². The van der Waals surface area contributed by atoms with Gasteiger partial charge in [0, 0.05) is 26.2 Å². The van der Waals surface area contributed by atoms with Crippen LogP contribution in [-0.2, 0) is 16.0 Å². The fourth-order valence-electron chi connectivity index (χ4n) is 4.33. The van der Waals surface area contributed by atoms with Gasteiger partial charge in [-0.2, -0.15) is 0 Å². The fraction of sp³-hybridized carbons (Fsp3) is 0.417. The molecule has 1 N–H and O–H groups in total. The number of hydrogen-bond donors (Lipinski definition) is 1. The van der Waals surface area contributed by atoms with E-state index in [2.05, 4.69) is 5.32 Å². The average molecular weight is 453 g/mol. The van der Waals surface area contributed by atoms with Crippen molar-refractivity contribution < 1.29 is 23.6 Å². The first-order valence-corrected chi connectivity index (χ1v) is 11.1. The Bertz CT molecular complexity index is 1030. The molecule has 2 fully saturated rings. The highest BCUT2D eigenvalue weighted by Gasteiger charge is 2.50. The van der Waals surface area contributed by atoms with Crippen LogP contribution in [0.1, 0.15) is 36.4 Å². The number of hydrogen-bond acceptors (Lipinski definition) is 5. The van der Waals surface area contributed by atoms with Gasteiger partial charge in [-0.3, -0.25) is 14.4 Å². The molecule has 9 nitrogen and oxygen atoms in total. The number of rotatable bonds is 6. The Hall–Kier alpha value is -3.62. The second kappa shape index (κ2) is 9.09. The van der Waals surface area contributed by atoms with Gasteiger partial charge in [0.25, 0.3) is 11.8 Å². The minimum Gasteiger partial charge on any atom is -0.459 e. The number of imide groups is 1. The highest BCUT2D eigenvalue weighted by molar-refractivity contribution is 6.09. The zero-order valence-corrected chi connectivity index (χ0v) is 18.8. The van der Waals surface area contributed by atoms with Crippen molar-refractivity contribution in [1.82, 2.24) is 20.0 Å². The molecule has 0 unspecified atom stereocenters. The van der Waals surface area contributed by atoms with Crippen LogP contribution in [0.2, 0.25) is 0 Å². The Balaban J connectivity index is 1.35. The third-order valence-electron chi connectivity index (χ3n) is 6.40. The summed E-state index contributed by atoms with van der Waals surface area (Å²) in [6.07, 6.45) is 2.51. The van der Waals surface area contributed by atoms with Crippen molar-refractivity contribution in [2.45, 2.75) is 38.3 Å². The molecular weight excluding hydrogens is 424 g/mol. The lowest BCUT2D eigenvalue weighted by Gasteiger charge is -2.36. The summed E-state index contributed by atoms with van der Waals surface area (Å²) in [7, 11) is 0. The maximum Gasteiger partial charge on any atom is 0.325 e. The van der Waals surface area contributed by atoms with Crippen LogP contribution in [0.5, 0.6) is 0 Å². The molecule has 5 amide bonds. The van der Waals surface area contributed by atoms with Gasteiger partial charge in [0.15, 0.2) is 5.76 Å². The Kier molecular flexibility index (Phi) is 6.22. The molecule has 2 aromatic rings. The van der Waals surface area contributed by atoms with Crippen molar-refractivity contribution in [2.75, 3.05) is 26.2 Å². The van der Waals surface area contributed by atoms with E-state index in [4.69, 9.17) is 4.42 Å². The summed E-state index contributed by atoms with van der Waals surface area (Å²) in [4.78, 5) is 55.6. The lowest BCUT2D eigenvalue weighted by molar-refractivity contribution is -0.143. The highest BCUT2D eigenvalue weighted by Crippen LogP contribution is 2.26. The number of carbonyl (C=O) groups excluding carboxylic acids is 4. The van der Waals surface area contributed by atoms with Gasteiger partial charge in [-0.15, -0.1) is 0 Å². The zero-order chi connectivity index (χ0) is 23.6. The van der Waals surface area contributed by atoms with Crippen LogP contribution >= 0.6 is 0 Å². The van der Waals surface area contributed by atoms with Crippen molar-refractivity contribution in [3.8, 4) is 0 Å². The van der Waals surface area contributed by atoms with Crippen LogP contribution in [0.3, 0.4) is 0 Å². The molecule has 33 heavy (non-hydrogen) atoms. The van der Waals surface area contributed by atoms with Gasteiger partial charge in [-0.1, -0.05) is 30.3 Å². The molecule has 174 valence electrons. The van der Waals surface area contributed by atoms with Crippen LogP contribution in [0.4, 0.5) is 4.79 Å². The monoisotopic (exact) mass is 452 g/mol. The number of benzene rings is 1. The molecule has 2 saturated heterocycles. The predicted molar refractivity (Wildman–Crippen MR) is 119 cm³/mol. The third kappa shape index (κ3) is 4.48. The molecule has 0 aliphatic carbocycles. The molecule has 2 aliphatic heterocycles. The molecule has 9 heteroatoms. The molecule has 0 saturated carbocycles. The first-order chi connectivity index (χ1) is 15.8. The molecule has 0 radical (unpaired) electrons. The average Bonchev–Trinajstić information content (AvgIpc) is 3.44. The lowest BCUT2D eigenvalue weighted by atomic mass is 9.93. The SMILES string of the molecule is C[C@H](C(=O)N1CCN(C(=O)c2ccco2)CC1)N1C(=O)N[C@@](C)(CCc2ccccc2)C1=O. The molecule has 0 spiro atoms. The van der Waals surface area contributed by atoms with Crippen molar-refractivity contribution in [2.24, 2.45) is 0 Å². The van der Waals surface area contributed by atoms with Gasteiger partial charge in [0.2, 0.25) is 5.91 Å². The second-order valence-electron chi connectivity index (χ2n) is 8.69. The summed E-state index contributed by atoms with van der Waals surface area (Å²) in [5, 5.41) is 2.78. The van der Waals surface area contributed by atoms with E-state index in [9.17, 15) is 19.2 Å². The molecule has 1 aromatic carbocycles. The van der Waals surface area contributed by atoms with Gasteiger partial charge in [-0.05, 0) is 44.4 Å². The number of amides is 5. The number of aryl methyl sites for hydroxylation is 1. The quantitative estimate of drug-likeness (QED) is 0.675. The maximum atomic E-state index is 13.2. The number of urea groups is 1. The number of carbonyl (C=O) groups is 4. The maximum absolute atomic E-state index is 13.2. The Morgan fingerprint density at radius 3 is 2.33 bits per heavy atom. The summed E-state index contributed by atoms with van der Waals surface area (Å²) in [6.45, 7) is 4.63. The Labute approximate surface area is 192 Å². The van der Waals surface area contributed by atoms with E-state index in [-0.39, 0.29) is 17.6 Å². The molecule has 4 rings (SSSR count). The topological polar surface area (TPSA) is 103 Å². The zero-order valence-electron chi connectivity index (χ0n) is 18.8. The van der Waals surface area contributed by atoms with Crippen LogP contribution in [-0.4, -0.2) is 76.2 Å². The first-order valence-electron chi connectivity index (χ1n) is 11.1. The Morgan fingerprint density at radius 1 is 1.03 bits per heavy atom. The smallest absolute Gasteiger partial charge is 0.325 e. The summed E-state index contributed by atoms with van der Waals surface area (Å²) in [5.41, 5.74) is 0.0145. The second-order valence-corrected chi connectivity index (χ2v) is 8.69. The number of nitrogens with zero attached hydrogens (tertiary/aromatic N) is 3. The van der Waals surface area contributed by atoms with E-state index in [1.54, 1.807) is 35.8 Å². The van der Waals surface area contributed by atoms with E-state index in [0.29, 0.717) is 39.0 Å². The normalized spacial score (nSPS) is 21.8. The number of furan rings is 1. The minimum absolute atomic E-state index is 0.219. The van der Waals surface area contributed by atoms with E-state index in [1.807, 2.05) is 30.3 Å². The van der Waals surface area contributed by atoms with Gasteiger partial charge >= 0.3 is 6.03 Å². The predicted octanol–water partition coefficient (Wildman–Crippen LogP) is 1.90. The van der Waals surface area contributed by atoms with Crippen molar-refractivity contribution in [3.05, 3.63) is 60.1 Å².